The van der Waals surface area contributed by atoms with E-state index >= 15 is 0 Å². The van der Waals surface area contributed by atoms with E-state index in [1.54, 1.807) is 30.5 Å². The van der Waals surface area contributed by atoms with Crippen molar-refractivity contribution >= 4 is 22.9 Å². The van der Waals surface area contributed by atoms with E-state index < -0.39 is 5.91 Å². The quantitative estimate of drug-likeness (QED) is 0.481. The van der Waals surface area contributed by atoms with Gasteiger partial charge in [0.25, 0.3) is 11.5 Å². The summed E-state index contributed by atoms with van der Waals surface area (Å²) in [5.74, 6) is -0.231. The standard InChI is InChI=1S/C25H30N4O3/c1-24(2,3)18-12-15(13-19(21(18)30)25(4,5)6)14-26-27-22(31)20-16-10-8-9-11-17(16)23(32)29(7)28-20/h8-14,30H,1-7H3,(H,27,31)/b26-14+. The van der Waals surface area contributed by atoms with Crippen LogP contribution in [0.1, 0.15) is 68.7 Å². The molecular formula is C25H30N4O3. The highest BCUT2D eigenvalue weighted by Crippen LogP contribution is 2.39. The Morgan fingerprint density at radius 1 is 1.03 bits per heavy atom. The van der Waals surface area contributed by atoms with Crippen LogP contribution in [0, 0.1) is 0 Å². The molecule has 2 N–H and O–H groups in total. The molecule has 0 unspecified atom stereocenters. The van der Waals surface area contributed by atoms with Crippen molar-refractivity contribution in [2.75, 3.05) is 0 Å². The van der Waals surface area contributed by atoms with Crippen molar-refractivity contribution < 1.29 is 9.90 Å². The monoisotopic (exact) mass is 434 g/mol. The number of nitrogens with zero attached hydrogens (tertiary/aromatic N) is 3. The zero-order valence-electron chi connectivity index (χ0n) is 19.6. The van der Waals surface area contributed by atoms with E-state index in [1.165, 1.54) is 7.05 Å². The minimum atomic E-state index is -0.515. The predicted octanol–water partition coefficient (Wildman–Crippen LogP) is 4.00. The number of phenols is 1. The molecule has 0 bridgehead atoms. The number of benzene rings is 2. The Morgan fingerprint density at radius 3 is 2.09 bits per heavy atom. The number of amides is 1. The van der Waals surface area contributed by atoms with E-state index in [2.05, 4.69) is 15.6 Å². The van der Waals surface area contributed by atoms with Crippen LogP contribution in [0.3, 0.4) is 0 Å². The molecule has 1 aromatic heterocycles. The summed E-state index contributed by atoms with van der Waals surface area (Å²) in [4.78, 5) is 25.1. The lowest BCUT2D eigenvalue weighted by atomic mass is 9.78. The molecule has 0 aliphatic carbocycles. The van der Waals surface area contributed by atoms with Gasteiger partial charge in [0, 0.05) is 23.6 Å². The van der Waals surface area contributed by atoms with Gasteiger partial charge >= 0.3 is 0 Å². The van der Waals surface area contributed by atoms with Gasteiger partial charge in [-0.15, -0.1) is 0 Å². The molecule has 0 saturated carbocycles. The molecule has 7 nitrogen and oxygen atoms in total. The van der Waals surface area contributed by atoms with Gasteiger partial charge in [-0.05, 0) is 34.6 Å². The van der Waals surface area contributed by atoms with E-state index in [4.69, 9.17) is 0 Å². The Morgan fingerprint density at radius 2 is 1.56 bits per heavy atom. The first-order valence-corrected chi connectivity index (χ1v) is 10.5. The number of carbonyl (C=O) groups is 1. The Hall–Kier alpha value is -3.48. The Balaban J connectivity index is 1.96. The number of carbonyl (C=O) groups excluding carboxylic acids is 1. The third-order valence-electron chi connectivity index (χ3n) is 5.30. The maximum absolute atomic E-state index is 12.8. The summed E-state index contributed by atoms with van der Waals surface area (Å²) >= 11 is 0. The van der Waals surface area contributed by atoms with E-state index in [1.807, 2.05) is 53.7 Å². The summed E-state index contributed by atoms with van der Waals surface area (Å²) < 4.78 is 1.14. The number of hydrogen-bond acceptors (Lipinski definition) is 5. The second-order valence-corrected chi connectivity index (χ2v) is 9.99. The van der Waals surface area contributed by atoms with E-state index in [0.717, 1.165) is 21.4 Å². The number of hydrazone groups is 1. The normalized spacial score (nSPS) is 12.5. The maximum Gasteiger partial charge on any atom is 0.292 e. The molecule has 0 saturated heterocycles. The average Bonchev–Trinajstić information content (AvgIpc) is 2.70. The molecule has 0 fully saturated rings. The summed E-state index contributed by atoms with van der Waals surface area (Å²) in [6.45, 7) is 12.2. The predicted molar refractivity (Wildman–Crippen MR) is 128 cm³/mol. The second-order valence-electron chi connectivity index (χ2n) is 9.99. The minimum absolute atomic E-state index is 0.122. The summed E-state index contributed by atoms with van der Waals surface area (Å²) in [7, 11) is 1.51. The highest BCUT2D eigenvalue weighted by atomic mass is 16.3. The van der Waals surface area contributed by atoms with Gasteiger partial charge < -0.3 is 5.11 Å². The lowest BCUT2D eigenvalue weighted by molar-refractivity contribution is 0.0950. The van der Waals surface area contributed by atoms with E-state index in [9.17, 15) is 14.7 Å². The van der Waals surface area contributed by atoms with Gasteiger partial charge in [-0.2, -0.15) is 10.2 Å². The fourth-order valence-corrected chi connectivity index (χ4v) is 3.56. The summed E-state index contributed by atoms with van der Waals surface area (Å²) in [6, 6.07) is 10.6. The Kier molecular flexibility index (Phi) is 5.96. The molecule has 2 aromatic carbocycles. The topological polar surface area (TPSA) is 96.6 Å². The Labute approximate surface area is 187 Å². The molecule has 7 heteroatoms. The molecule has 3 aromatic rings. The Bertz CT molecular complexity index is 1240. The smallest absolute Gasteiger partial charge is 0.292 e. The van der Waals surface area contributed by atoms with Crippen molar-refractivity contribution in [1.29, 1.82) is 0 Å². The van der Waals surface area contributed by atoms with Crippen LogP contribution >= 0.6 is 0 Å². The van der Waals surface area contributed by atoms with Crippen molar-refractivity contribution in [2.24, 2.45) is 12.1 Å². The largest absolute Gasteiger partial charge is 0.507 e. The third kappa shape index (κ3) is 4.56. The van der Waals surface area contributed by atoms with Crippen LogP contribution in [0.25, 0.3) is 10.8 Å². The lowest BCUT2D eigenvalue weighted by Gasteiger charge is -2.27. The molecule has 0 radical (unpaired) electrons. The van der Waals surface area contributed by atoms with Crippen molar-refractivity contribution in [3.05, 3.63) is 69.1 Å². The van der Waals surface area contributed by atoms with Crippen molar-refractivity contribution in [2.45, 2.75) is 52.4 Å². The first-order chi connectivity index (χ1) is 14.8. The van der Waals surface area contributed by atoms with Gasteiger partial charge in [0.05, 0.1) is 11.6 Å². The number of phenolic OH excluding ortho intramolecular Hbond substituents is 1. The fourth-order valence-electron chi connectivity index (χ4n) is 3.56. The van der Waals surface area contributed by atoms with E-state index in [-0.39, 0.29) is 27.8 Å². The molecule has 0 aliphatic rings. The highest BCUT2D eigenvalue weighted by Gasteiger charge is 2.26. The first-order valence-electron chi connectivity index (χ1n) is 10.5. The number of fused-ring (bicyclic) bond motifs is 1. The van der Waals surface area contributed by atoms with Crippen LogP contribution in [0.15, 0.2) is 46.3 Å². The van der Waals surface area contributed by atoms with Crippen LogP contribution in [-0.4, -0.2) is 27.0 Å². The zero-order chi connectivity index (χ0) is 23.8. The summed E-state index contributed by atoms with van der Waals surface area (Å²) in [5, 5.41) is 20.0. The molecule has 1 amide bonds. The number of aromatic nitrogens is 2. The fraction of sp³-hybridized carbons (Fsp3) is 0.360. The molecule has 168 valence electrons. The number of hydrogen-bond donors (Lipinski definition) is 2. The second kappa shape index (κ2) is 8.22. The van der Waals surface area contributed by atoms with Gasteiger partial charge in [0.1, 0.15) is 5.75 Å². The molecule has 0 aliphatic heterocycles. The number of nitrogens with one attached hydrogen (secondary N) is 1. The third-order valence-corrected chi connectivity index (χ3v) is 5.30. The number of aryl methyl sites for hydroxylation is 1. The van der Waals surface area contributed by atoms with Gasteiger partial charge in [-0.1, -0.05) is 59.7 Å². The summed E-state index contributed by atoms with van der Waals surface area (Å²) in [5.41, 5.74) is 4.20. The number of aromatic hydroxyl groups is 1. The van der Waals surface area contributed by atoms with Gasteiger partial charge in [-0.3, -0.25) is 9.59 Å². The zero-order valence-corrected chi connectivity index (χ0v) is 19.6. The van der Waals surface area contributed by atoms with Crippen LogP contribution in [0.5, 0.6) is 5.75 Å². The molecule has 0 spiro atoms. The van der Waals surface area contributed by atoms with Gasteiger partial charge in [0.15, 0.2) is 5.69 Å². The van der Waals surface area contributed by atoms with Crippen LogP contribution in [-0.2, 0) is 17.9 Å². The van der Waals surface area contributed by atoms with Gasteiger partial charge in [-0.25, -0.2) is 10.1 Å². The molecule has 32 heavy (non-hydrogen) atoms. The van der Waals surface area contributed by atoms with E-state index in [0.29, 0.717) is 10.8 Å². The minimum Gasteiger partial charge on any atom is -0.507 e. The first kappa shape index (κ1) is 23.2. The van der Waals surface area contributed by atoms with Crippen molar-refractivity contribution in [3.63, 3.8) is 0 Å². The van der Waals surface area contributed by atoms with Gasteiger partial charge in [0.2, 0.25) is 0 Å². The number of rotatable bonds is 3. The van der Waals surface area contributed by atoms with Crippen LogP contribution < -0.4 is 11.0 Å². The highest BCUT2D eigenvalue weighted by molar-refractivity contribution is 6.05. The molecular weight excluding hydrogens is 404 g/mol. The SMILES string of the molecule is Cn1nc(C(=O)N/N=C/c2cc(C(C)(C)C)c(O)c(C(C)(C)C)c2)c2ccccc2c1=O. The van der Waals surface area contributed by atoms with Crippen LogP contribution in [0.4, 0.5) is 0 Å². The van der Waals surface area contributed by atoms with Crippen molar-refractivity contribution in [3.8, 4) is 5.75 Å². The van der Waals surface area contributed by atoms with Crippen molar-refractivity contribution in [1.82, 2.24) is 15.2 Å². The molecule has 0 atom stereocenters. The average molecular weight is 435 g/mol. The lowest BCUT2D eigenvalue weighted by Crippen LogP contribution is -2.27. The maximum atomic E-state index is 12.8. The van der Waals surface area contributed by atoms with Crippen LogP contribution in [0.2, 0.25) is 0 Å². The summed E-state index contributed by atoms with van der Waals surface area (Å²) in [6.07, 6.45) is 1.55. The molecule has 3 rings (SSSR count). The molecule has 1 heterocycles.